The smallest absolute Gasteiger partial charge is 0.364 e. The highest BCUT2D eigenvalue weighted by Crippen LogP contribution is 2.45. The van der Waals surface area contributed by atoms with Crippen LogP contribution in [0.4, 0.5) is 13.2 Å². The minimum absolute atomic E-state index is 0.00280. The van der Waals surface area contributed by atoms with Crippen molar-refractivity contribution in [1.29, 1.82) is 5.26 Å². The van der Waals surface area contributed by atoms with Gasteiger partial charge in [-0.1, -0.05) is 60.7 Å². The largest absolute Gasteiger partial charge is 0.436 e. The minimum Gasteiger partial charge on any atom is -0.364 e. The Kier molecular flexibility index (Phi) is 4.27. The van der Waals surface area contributed by atoms with Crippen molar-refractivity contribution in [2.24, 2.45) is 0 Å². The van der Waals surface area contributed by atoms with E-state index in [4.69, 9.17) is 0 Å². The third kappa shape index (κ3) is 3.11. The van der Waals surface area contributed by atoms with Crippen molar-refractivity contribution in [1.82, 2.24) is 5.32 Å². The van der Waals surface area contributed by atoms with Crippen LogP contribution in [0.1, 0.15) is 23.5 Å². The molecule has 0 radical (unpaired) electrons. The zero-order chi connectivity index (χ0) is 18.1. The molecule has 0 saturated heterocycles. The number of halogens is 3. The number of benzene rings is 2. The van der Waals surface area contributed by atoms with Crippen molar-refractivity contribution in [3.8, 4) is 6.07 Å². The molecule has 3 nitrogen and oxygen atoms in total. The van der Waals surface area contributed by atoms with Gasteiger partial charge >= 0.3 is 6.18 Å². The van der Waals surface area contributed by atoms with Crippen molar-refractivity contribution >= 4 is 5.70 Å². The Morgan fingerprint density at radius 1 is 1.04 bits per heavy atom. The van der Waals surface area contributed by atoms with Crippen molar-refractivity contribution < 1.29 is 18.3 Å². The summed E-state index contributed by atoms with van der Waals surface area (Å²) in [5, 5.41) is 22.1. The molecular weight excluding hydrogens is 329 g/mol. The second kappa shape index (κ2) is 6.26. The third-order valence-electron chi connectivity index (χ3n) is 4.30. The van der Waals surface area contributed by atoms with E-state index in [1.165, 1.54) is 0 Å². The first-order valence-electron chi connectivity index (χ1n) is 7.67. The van der Waals surface area contributed by atoms with Gasteiger partial charge in [-0.15, -0.1) is 0 Å². The maximum Gasteiger partial charge on any atom is 0.436 e. The molecule has 2 N–H and O–H groups in total. The molecule has 0 bridgehead atoms. The first-order valence-corrected chi connectivity index (χ1v) is 7.67. The van der Waals surface area contributed by atoms with Crippen LogP contribution in [0.5, 0.6) is 0 Å². The van der Waals surface area contributed by atoms with Gasteiger partial charge in [-0.25, -0.2) is 0 Å². The lowest BCUT2D eigenvalue weighted by Crippen LogP contribution is -2.59. The number of aliphatic hydroxyl groups is 1. The van der Waals surface area contributed by atoms with Crippen LogP contribution in [0.25, 0.3) is 5.70 Å². The molecule has 1 heterocycles. The van der Waals surface area contributed by atoms with Crippen LogP contribution in [0.3, 0.4) is 0 Å². The molecule has 3 rings (SSSR count). The van der Waals surface area contributed by atoms with E-state index in [2.05, 4.69) is 5.32 Å². The van der Waals surface area contributed by atoms with Crippen molar-refractivity contribution in [3.05, 3.63) is 77.4 Å². The summed E-state index contributed by atoms with van der Waals surface area (Å²) in [6.07, 6.45) is -5.55. The summed E-state index contributed by atoms with van der Waals surface area (Å²) in [7, 11) is 0. The van der Waals surface area contributed by atoms with E-state index in [1.807, 2.05) is 6.07 Å². The number of nitriles is 1. The summed E-state index contributed by atoms with van der Waals surface area (Å²) in [5.41, 5.74) is -1.97. The Labute approximate surface area is 143 Å². The molecule has 25 heavy (non-hydrogen) atoms. The number of hydrogen-bond acceptors (Lipinski definition) is 3. The summed E-state index contributed by atoms with van der Waals surface area (Å²) in [5.74, 6) is -0.866. The van der Waals surface area contributed by atoms with Gasteiger partial charge in [-0.2, -0.15) is 18.4 Å². The van der Waals surface area contributed by atoms with E-state index < -0.39 is 24.2 Å². The molecule has 0 amide bonds. The van der Waals surface area contributed by atoms with Crippen LogP contribution in [0.15, 0.2) is 66.2 Å². The second-order valence-electron chi connectivity index (χ2n) is 5.92. The zero-order valence-electron chi connectivity index (χ0n) is 13.1. The highest BCUT2D eigenvalue weighted by Gasteiger charge is 2.58. The van der Waals surface area contributed by atoms with Gasteiger partial charge in [0.2, 0.25) is 5.72 Å². The fourth-order valence-electron chi connectivity index (χ4n) is 3.02. The predicted molar refractivity (Wildman–Crippen MR) is 86.9 cm³/mol. The van der Waals surface area contributed by atoms with E-state index in [-0.39, 0.29) is 11.3 Å². The molecule has 0 unspecified atom stereocenters. The molecule has 6 heteroatoms. The standard InChI is InChI=1S/C19H15F3N2O/c20-19(21,22)18(25)11-15(13-7-3-1-4-8-13)16(12-23)17(24-18)14-9-5-2-6-10-14/h1-10,15,24-25H,11H2/t15-,18-/m1/s1. The average Bonchev–Trinajstić information content (AvgIpc) is 2.61. The zero-order valence-corrected chi connectivity index (χ0v) is 13.1. The van der Waals surface area contributed by atoms with Crippen molar-refractivity contribution in [2.45, 2.75) is 24.2 Å². The number of nitrogens with one attached hydrogen (secondary N) is 1. The molecule has 0 aromatic heterocycles. The van der Waals surface area contributed by atoms with E-state index in [0.29, 0.717) is 11.1 Å². The van der Waals surface area contributed by atoms with Gasteiger partial charge in [0, 0.05) is 12.3 Å². The fourth-order valence-corrected chi connectivity index (χ4v) is 3.02. The maximum atomic E-state index is 13.5. The van der Waals surface area contributed by atoms with Crippen LogP contribution in [0.2, 0.25) is 0 Å². The van der Waals surface area contributed by atoms with Gasteiger partial charge in [0.25, 0.3) is 0 Å². The molecule has 2 aromatic carbocycles. The lowest BCUT2D eigenvalue weighted by Gasteiger charge is -2.40. The topological polar surface area (TPSA) is 56.0 Å². The number of hydrogen-bond donors (Lipinski definition) is 2. The maximum absolute atomic E-state index is 13.5. The number of allylic oxidation sites excluding steroid dienone is 1. The first kappa shape index (κ1) is 17.1. The van der Waals surface area contributed by atoms with Crippen LogP contribution in [-0.4, -0.2) is 17.0 Å². The number of alkyl halides is 3. The molecule has 128 valence electrons. The van der Waals surface area contributed by atoms with Crippen LogP contribution >= 0.6 is 0 Å². The lowest BCUT2D eigenvalue weighted by atomic mass is 9.79. The molecule has 1 aliphatic rings. The Balaban J connectivity index is 2.21. The molecule has 0 saturated carbocycles. The van der Waals surface area contributed by atoms with Gasteiger partial charge in [-0.3, -0.25) is 0 Å². The minimum atomic E-state index is -4.89. The molecule has 2 aromatic rings. The summed E-state index contributed by atoms with van der Waals surface area (Å²) < 4.78 is 40.6. The summed E-state index contributed by atoms with van der Waals surface area (Å²) in [6.45, 7) is 0. The Bertz CT molecular complexity index is 825. The molecule has 2 atom stereocenters. The molecule has 0 aliphatic carbocycles. The number of nitrogens with zero attached hydrogens (tertiary/aromatic N) is 1. The van der Waals surface area contributed by atoms with Gasteiger partial charge in [-0.05, 0) is 11.1 Å². The number of rotatable bonds is 2. The molecule has 1 aliphatic heterocycles. The van der Waals surface area contributed by atoms with Crippen LogP contribution in [-0.2, 0) is 0 Å². The fraction of sp³-hybridized carbons (Fsp3) is 0.211. The van der Waals surface area contributed by atoms with Gasteiger partial charge < -0.3 is 10.4 Å². The Morgan fingerprint density at radius 2 is 1.60 bits per heavy atom. The normalized spacial score (nSPS) is 23.7. The predicted octanol–water partition coefficient (Wildman–Crippen LogP) is 3.95. The van der Waals surface area contributed by atoms with Crippen molar-refractivity contribution in [3.63, 3.8) is 0 Å². The van der Waals surface area contributed by atoms with E-state index in [0.717, 1.165) is 0 Å². The van der Waals surface area contributed by atoms with E-state index in [9.17, 15) is 23.5 Å². The SMILES string of the molecule is N#CC1=C(c2ccccc2)N[C@](O)(C(F)(F)F)C[C@@H]1c1ccccc1. The molecular formula is C19H15F3N2O. The Morgan fingerprint density at radius 3 is 2.12 bits per heavy atom. The third-order valence-corrected chi connectivity index (χ3v) is 4.30. The lowest BCUT2D eigenvalue weighted by molar-refractivity contribution is -0.272. The average molecular weight is 344 g/mol. The van der Waals surface area contributed by atoms with Gasteiger partial charge in [0.1, 0.15) is 0 Å². The van der Waals surface area contributed by atoms with Crippen LogP contribution in [0, 0.1) is 11.3 Å². The highest BCUT2D eigenvalue weighted by atomic mass is 19.4. The van der Waals surface area contributed by atoms with Gasteiger partial charge in [0.05, 0.1) is 17.3 Å². The molecule has 0 fully saturated rings. The summed E-state index contributed by atoms with van der Waals surface area (Å²) >= 11 is 0. The van der Waals surface area contributed by atoms with Crippen LogP contribution < -0.4 is 5.32 Å². The van der Waals surface area contributed by atoms with E-state index in [1.54, 1.807) is 60.7 Å². The van der Waals surface area contributed by atoms with Gasteiger partial charge in [0.15, 0.2) is 0 Å². The highest BCUT2D eigenvalue weighted by molar-refractivity contribution is 5.74. The first-order chi connectivity index (χ1) is 11.9. The summed E-state index contributed by atoms with van der Waals surface area (Å²) in [4.78, 5) is 0. The quantitative estimate of drug-likeness (QED) is 0.867. The van der Waals surface area contributed by atoms with Crippen molar-refractivity contribution in [2.75, 3.05) is 0 Å². The van der Waals surface area contributed by atoms with E-state index >= 15 is 0 Å². The summed E-state index contributed by atoms with van der Waals surface area (Å²) in [6, 6.07) is 18.7. The monoisotopic (exact) mass is 344 g/mol. The molecule has 0 spiro atoms. The Hall–Kier alpha value is -2.78. The second-order valence-corrected chi connectivity index (χ2v) is 5.92.